The van der Waals surface area contributed by atoms with E-state index in [0.29, 0.717) is 28.6 Å². The molecule has 0 spiro atoms. The maximum atomic E-state index is 12.3. The zero-order chi connectivity index (χ0) is 20.1. The molecule has 1 heterocycles. The van der Waals surface area contributed by atoms with Crippen LogP contribution >= 0.6 is 31.9 Å². The van der Waals surface area contributed by atoms with E-state index in [-0.39, 0.29) is 0 Å². The zero-order valence-electron chi connectivity index (χ0n) is 15.0. The second-order valence-electron chi connectivity index (χ2n) is 5.63. The second-order valence-corrected chi connectivity index (χ2v) is 7.40. The van der Waals surface area contributed by atoms with Gasteiger partial charge >= 0.3 is 0 Å². The number of nitrogens with one attached hydrogen (secondary N) is 1. The fourth-order valence-corrected chi connectivity index (χ4v) is 3.21. The standard InChI is InChI=1S/C20H16Br2N2O4/c1-26-15-7-12(8-16(10-15)27-2)20(25)24-23-11-14-4-6-19(28-14)17-9-13(21)3-5-18(17)22/h3-11H,1-2H3,(H,24,25)/b23-11+. The molecule has 0 fully saturated rings. The number of halogens is 2. The van der Waals surface area contributed by atoms with Crippen LogP contribution in [0.5, 0.6) is 11.5 Å². The average molecular weight is 508 g/mol. The maximum Gasteiger partial charge on any atom is 0.271 e. The van der Waals surface area contributed by atoms with Gasteiger partial charge in [0, 0.05) is 26.1 Å². The third-order valence-electron chi connectivity index (χ3n) is 3.79. The van der Waals surface area contributed by atoms with E-state index in [1.165, 1.54) is 20.4 Å². The number of methoxy groups -OCH3 is 2. The molecule has 0 saturated carbocycles. The molecule has 0 radical (unpaired) electrons. The summed E-state index contributed by atoms with van der Waals surface area (Å²) < 4.78 is 18.0. The van der Waals surface area contributed by atoms with Crippen LogP contribution in [-0.2, 0) is 0 Å². The number of hydrazone groups is 1. The lowest BCUT2D eigenvalue weighted by Crippen LogP contribution is -2.17. The monoisotopic (exact) mass is 506 g/mol. The van der Waals surface area contributed by atoms with Crippen molar-refractivity contribution in [1.29, 1.82) is 0 Å². The molecule has 0 aliphatic carbocycles. The van der Waals surface area contributed by atoms with Gasteiger partial charge in [-0.25, -0.2) is 5.43 Å². The normalized spacial score (nSPS) is 10.9. The average Bonchev–Trinajstić information content (AvgIpc) is 3.17. The van der Waals surface area contributed by atoms with Gasteiger partial charge in [-0.15, -0.1) is 0 Å². The SMILES string of the molecule is COc1cc(OC)cc(C(=O)N/N=C/c2ccc(-c3cc(Br)ccc3Br)o2)c1. The lowest BCUT2D eigenvalue weighted by molar-refractivity contribution is 0.0954. The number of amides is 1. The van der Waals surface area contributed by atoms with E-state index in [9.17, 15) is 4.79 Å². The van der Waals surface area contributed by atoms with Crippen molar-refractivity contribution in [1.82, 2.24) is 5.43 Å². The summed E-state index contributed by atoms with van der Waals surface area (Å²) in [5.41, 5.74) is 3.73. The van der Waals surface area contributed by atoms with Crippen LogP contribution < -0.4 is 14.9 Å². The zero-order valence-corrected chi connectivity index (χ0v) is 18.2. The van der Waals surface area contributed by atoms with Gasteiger partial charge in [0.2, 0.25) is 0 Å². The lowest BCUT2D eigenvalue weighted by atomic mass is 10.2. The van der Waals surface area contributed by atoms with Crippen LogP contribution in [0.1, 0.15) is 16.1 Å². The van der Waals surface area contributed by atoms with Crippen molar-refractivity contribution in [3.8, 4) is 22.8 Å². The number of rotatable bonds is 6. The summed E-state index contributed by atoms with van der Waals surface area (Å²) in [6, 6.07) is 14.3. The van der Waals surface area contributed by atoms with Crippen molar-refractivity contribution in [3.05, 3.63) is 68.8 Å². The van der Waals surface area contributed by atoms with Crippen molar-refractivity contribution >= 4 is 44.0 Å². The molecule has 8 heteroatoms. The number of carbonyl (C=O) groups is 1. The predicted molar refractivity (Wildman–Crippen MR) is 114 cm³/mol. The summed E-state index contributed by atoms with van der Waals surface area (Å²) in [6.45, 7) is 0. The number of carbonyl (C=O) groups excluding carboxylic acids is 1. The number of ether oxygens (including phenoxy) is 2. The fraction of sp³-hybridized carbons (Fsp3) is 0.100. The van der Waals surface area contributed by atoms with E-state index in [4.69, 9.17) is 13.9 Å². The Balaban J connectivity index is 1.71. The van der Waals surface area contributed by atoms with Gasteiger partial charge in [0.1, 0.15) is 23.0 Å². The Morgan fingerprint density at radius 1 is 1.04 bits per heavy atom. The van der Waals surface area contributed by atoms with Gasteiger partial charge in [-0.2, -0.15) is 5.10 Å². The lowest BCUT2D eigenvalue weighted by Gasteiger charge is -2.07. The van der Waals surface area contributed by atoms with Gasteiger partial charge in [0.05, 0.1) is 20.4 Å². The van der Waals surface area contributed by atoms with Crippen LogP contribution in [0.25, 0.3) is 11.3 Å². The van der Waals surface area contributed by atoms with Crippen molar-refractivity contribution < 1.29 is 18.7 Å². The molecule has 6 nitrogen and oxygen atoms in total. The molecule has 0 bridgehead atoms. The molecule has 2 aromatic carbocycles. The van der Waals surface area contributed by atoms with E-state index >= 15 is 0 Å². The van der Waals surface area contributed by atoms with Crippen LogP contribution in [-0.4, -0.2) is 26.3 Å². The number of furan rings is 1. The third-order valence-corrected chi connectivity index (χ3v) is 4.98. The smallest absolute Gasteiger partial charge is 0.271 e. The second kappa shape index (κ2) is 9.07. The first-order valence-electron chi connectivity index (χ1n) is 8.12. The fourth-order valence-electron chi connectivity index (χ4n) is 2.41. The Hall–Kier alpha value is -2.58. The molecule has 144 valence electrons. The highest BCUT2D eigenvalue weighted by molar-refractivity contribution is 9.11. The maximum absolute atomic E-state index is 12.3. The molecule has 1 amide bonds. The first-order valence-corrected chi connectivity index (χ1v) is 9.70. The minimum atomic E-state index is -0.394. The van der Waals surface area contributed by atoms with Crippen LogP contribution in [0.3, 0.4) is 0 Å². The Morgan fingerprint density at radius 2 is 1.75 bits per heavy atom. The highest BCUT2D eigenvalue weighted by atomic mass is 79.9. The number of hydrogen-bond donors (Lipinski definition) is 1. The number of hydrogen-bond acceptors (Lipinski definition) is 5. The first-order chi connectivity index (χ1) is 13.5. The molecular formula is C20H16Br2N2O4. The molecule has 3 rings (SSSR count). The molecule has 0 aliphatic heterocycles. The van der Waals surface area contributed by atoms with Crippen LogP contribution in [0.4, 0.5) is 0 Å². The highest BCUT2D eigenvalue weighted by Gasteiger charge is 2.10. The van der Waals surface area contributed by atoms with Crippen molar-refractivity contribution in [3.63, 3.8) is 0 Å². The molecule has 1 N–H and O–H groups in total. The van der Waals surface area contributed by atoms with E-state index in [1.807, 2.05) is 24.3 Å². The Labute approximate surface area is 178 Å². The van der Waals surface area contributed by atoms with Gasteiger partial charge < -0.3 is 13.9 Å². The predicted octanol–water partition coefficient (Wildman–Crippen LogP) is 5.25. The topological polar surface area (TPSA) is 73.1 Å². The van der Waals surface area contributed by atoms with E-state index in [2.05, 4.69) is 42.4 Å². The van der Waals surface area contributed by atoms with Gasteiger partial charge in [-0.3, -0.25) is 4.79 Å². The van der Waals surface area contributed by atoms with E-state index < -0.39 is 5.91 Å². The minimum Gasteiger partial charge on any atom is -0.497 e. The van der Waals surface area contributed by atoms with Gasteiger partial charge in [0.25, 0.3) is 5.91 Å². The Kier molecular flexibility index (Phi) is 6.53. The summed E-state index contributed by atoms with van der Waals surface area (Å²) in [5.74, 6) is 1.83. The Bertz CT molecular complexity index is 1010. The van der Waals surface area contributed by atoms with Crippen LogP contribution in [0.2, 0.25) is 0 Å². The van der Waals surface area contributed by atoms with Crippen LogP contribution in [0, 0.1) is 0 Å². The molecule has 1 aromatic heterocycles. The number of nitrogens with zero attached hydrogens (tertiary/aromatic N) is 1. The van der Waals surface area contributed by atoms with E-state index in [1.54, 1.807) is 24.3 Å². The van der Waals surface area contributed by atoms with Gasteiger partial charge in [-0.1, -0.05) is 31.9 Å². The molecule has 28 heavy (non-hydrogen) atoms. The third kappa shape index (κ3) is 4.82. The summed E-state index contributed by atoms with van der Waals surface area (Å²) in [4.78, 5) is 12.3. The van der Waals surface area contributed by atoms with Gasteiger partial charge in [0.15, 0.2) is 0 Å². The summed E-state index contributed by atoms with van der Waals surface area (Å²) in [7, 11) is 3.04. The van der Waals surface area contributed by atoms with Crippen molar-refractivity contribution in [2.45, 2.75) is 0 Å². The molecule has 0 unspecified atom stereocenters. The summed E-state index contributed by atoms with van der Waals surface area (Å²) in [5, 5.41) is 3.95. The molecule has 0 atom stereocenters. The van der Waals surface area contributed by atoms with Crippen molar-refractivity contribution in [2.75, 3.05) is 14.2 Å². The van der Waals surface area contributed by atoms with Crippen LogP contribution in [0.15, 0.2) is 67.0 Å². The molecule has 0 saturated heterocycles. The number of benzene rings is 2. The quantitative estimate of drug-likeness (QED) is 0.365. The molecule has 0 aliphatic rings. The highest BCUT2D eigenvalue weighted by Crippen LogP contribution is 2.32. The van der Waals surface area contributed by atoms with E-state index in [0.717, 1.165) is 14.5 Å². The minimum absolute atomic E-state index is 0.367. The first kappa shape index (κ1) is 20.2. The Morgan fingerprint density at radius 3 is 2.43 bits per heavy atom. The molecular weight excluding hydrogens is 492 g/mol. The largest absolute Gasteiger partial charge is 0.497 e. The summed E-state index contributed by atoms with van der Waals surface area (Å²) in [6.07, 6.45) is 1.44. The van der Waals surface area contributed by atoms with Gasteiger partial charge in [-0.05, 0) is 42.5 Å². The summed E-state index contributed by atoms with van der Waals surface area (Å²) >= 11 is 6.95. The molecule has 3 aromatic rings. The van der Waals surface area contributed by atoms with Crippen molar-refractivity contribution in [2.24, 2.45) is 5.10 Å².